The van der Waals surface area contributed by atoms with Crippen LogP contribution in [0.2, 0.25) is 0 Å². The van der Waals surface area contributed by atoms with Gasteiger partial charge >= 0.3 is 0 Å². The van der Waals surface area contributed by atoms with Crippen molar-refractivity contribution in [2.45, 2.75) is 11.8 Å². The Morgan fingerprint density at radius 2 is 2.00 bits per heavy atom. The lowest BCUT2D eigenvalue weighted by molar-refractivity contribution is 0.0958. The van der Waals surface area contributed by atoms with Gasteiger partial charge in [0.15, 0.2) is 0 Å². The topological polar surface area (TPSA) is 91.9 Å². The first-order valence-corrected chi connectivity index (χ1v) is 8.72. The normalized spacial score (nSPS) is 12.0. The minimum absolute atomic E-state index is 0.0125. The summed E-state index contributed by atoms with van der Waals surface area (Å²) in [6, 6.07) is 6.19. The zero-order valence-electron chi connectivity index (χ0n) is 11.8. The molecule has 0 radical (unpaired) electrons. The van der Waals surface area contributed by atoms with Gasteiger partial charge in [-0.05, 0) is 31.2 Å². The first kappa shape index (κ1) is 14.8. The van der Waals surface area contributed by atoms with Crippen LogP contribution in [-0.4, -0.2) is 31.3 Å². The summed E-state index contributed by atoms with van der Waals surface area (Å²) < 4.78 is 23.0. The number of nitrogens with one attached hydrogen (secondary N) is 2. The van der Waals surface area contributed by atoms with Crippen molar-refractivity contribution in [2.24, 2.45) is 0 Å². The second-order valence-electron chi connectivity index (χ2n) is 4.86. The zero-order valence-corrected chi connectivity index (χ0v) is 13.3. The molecule has 6 nitrogen and oxygen atoms in total. The maximum Gasteiger partial charge on any atom is 0.269 e. The van der Waals surface area contributed by atoms with Crippen molar-refractivity contribution < 1.29 is 13.2 Å². The summed E-state index contributed by atoms with van der Waals surface area (Å²) >= 11 is 0. The molecule has 22 heavy (non-hydrogen) atoms. The predicted octanol–water partition coefficient (Wildman–Crippen LogP) is 2.31. The zero-order chi connectivity index (χ0) is 16.1. The number of carbonyl (C=O) groups is 1. The fraction of sp³-hybridized carbons (Fsp3) is 0.143. The van der Waals surface area contributed by atoms with Crippen molar-refractivity contribution in [1.29, 1.82) is 0 Å². The van der Waals surface area contributed by atoms with E-state index >= 15 is 0 Å². The molecule has 0 saturated heterocycles. The largest absolute Gasteiger partial charge is 0.354 e. The van der Waals surface area contributed by atoms with Crippen LogP contribution in [0.4, 0.5) is 0 Å². The average Bonchev–Trinajstić information content (AvgIpc) is 2.84. The molecule has 2 N–H and O–H groups in total. The van der Waals surface area contributed by atoms with Crippen LogP contribution in [0.15, 0.2) is 29.2 Å². The molecule has 0 aliphatic heterocycles. The van der Waals surface area contributed by atoms with E-state index in [4.69, 9.17) is 10.7 Å². The molecule has 114 valence electrons. The third-order valence-electron chi connectivity index (χ3n) is 3.48. The quantitative estimate of drug-likeness (QED) is 0.702. The molecule has 0 aliphatic rings. The molecular weight excluding hydrogens is 326 g/mol. The number of aromatic nitrogens is 2. The van der Waals surface area contributed by atoms with E-state index in [2.05, 4.69) is 15.3 Å². The summed E-state index contributed by atoms with van der Waals surface area (Å²) in [5.74, 6) is -0.305. The van der Waals surface area contributed by atoms with E-state index < -0.39 is 9.05 Å². The molecule has 0 unspecified atom stereocenters. The van der Waals surface area contributed by atoms with Crippen molar-refractivity contribution >= 4 is 47.4 Å². The van der Waals surface area contributed by atoms with Crippen LogP contribution in [0.5, 0.6) is 0 Å². The number of aromatic amines is 1. The molecule has 0 aliphatic carbocycles. The van der Waals surface area contributed by atoms with Gasteiger partial charge in [0.1, 0.15) is 5.69 Å². The molecule has 2 aromatic heterocycles. The first-order valence-electron chi connectivity index (χ1n) is 6.41. The number of hydrogen-bond donors (Lipinski definition) is 2. The van der Waals surface area contributed by atoms with Gasteiger partial charge in [0.25, 0.3) is 15.0 Å². The fourth-order valence-corrected chi connectivity index (χ4v) is 3.21. The Bertz CT molecular complexity index is 1020. The lowest BCUT2D eigenvalue weighted by Crippen LogP contribution is -2.19. The number of pyridine rings is 1. The minimum atomic E-state index is -3.82. The number of nitrogens with zero attached hydrogens (tertiary/aromatic N) is 1. The number of H-pyrrole nitrogens is 1. The molecule has 0 spiro atoms. The van der Waals surface area contributed by atoms with Gasteiger partial charge in [-0.2, -0.15) is 0 Å². The summed E-state index contributed by atoms with van der Waals surface area (Å²) in [6.07, 6.45) is 0. The highest BCUT2D eigenvalue weighted by molar-refractivity contribution is 8.13. The van der Waals surface area contributed by atoms with Crippen LogP contribution >= 0.6 is 10.7 Å². The third-order valence-corrected chi connectivity index (χ3v) is 4.83. The van der Waals surface area contributed by atoms with Crippen LogP contribution in [-0.2, 0) is 9.05 Å². The Morgan fingerprint density at radius 3 is 2.64 bits per heavy atom. The number of fused-ring (bicyclic) bond motifs is 3. The van der Waals surface area contributed by atoms with E-state index in [1.165, 1.54) is 19.2 Å². The number of hydrogen-bond acceptors (Lipinski definition) is 4. The Morgan fingerprint density at radius 1 is 1.27 bits per heavy atom. The average molecular weight is 338 g/mol. The summed E-state index contributed by atoms with van der Waals surface area (Å²) in [4.78, 5) is 19.2. The van der Waals surface area contributed by atoms with Crippen molar-refractivity contribution in [2.75, 3.05) is 7.05 Å². The number of halogens is 1. The summed E-state index contributed by atoms with van der Waals surface area (Å²) in [5, 5.41) is 3.92. The molecule has 0 bridgehead atoms. The second-order valence-corrected chi connectivity index (χ2v) is 7.43. The van der Waals surface area contributed by atoms with E-state index in [0.717, 1.165) is 16.4 Å². The monoisotopic (exact) mass is 337 g/mol. The molecule has 1 aromatic carbocycles. The van der Waals surface area contributed by atoms with E-state index in [0.29, 0.717) is 11.1 Å². The number of amides is 1. The smallest absolute Gasteiger partial charge is 0.269 e. The number of rotatable bonds is 2. The Kier molecular flexibility index (Phi) is 3.34. The van der Waals surface area contributed by atoms with Gasteiger partial charge in [0, 0.05) is 34.0 Å². The molecule has 0 fully saturated rings. The predicted molar refractivity (Wildman–Crippen MR) is 84.8 cm³/mol. The highest BCUT2D eigenvalue weighted by atomic mass is 35.7. The first-order chi connectivity index (χ1) is 10.3. The minimum Gasteiger partial charge on any atom is -0.354 e. The highest BCUT2D eigenvalue weighted by Gasteiger charge is 2.16. The molecule has 1 amide bonds. The lowest BCUT2D eigenvalue weighted by Gasteiger charge is -2.02. The van der Waals surface area contributed by atoms with Crippen LogP contribution in [0.1, 0.15) is 16.2 Å². The lowest BCUT2D eigenvalue weighted by atomic mass is 10.1. The molecule has 2 heterocycles. The maximum atomic E-state index is 11.8. The van der Waals surface area contributed by atoms with E-state index in [1.807, 2.05) is 0 Å². The van der Waals surface area contributed by atoms with Crippen LogP contribution in [0, 0.1) is 6.92 Å². The third kappa shape index (κ3) is 2.32. The SMILES string of the molecule is CNC(=O)c1cc2c([nH]c3ccc(S(=O)(=O)Cl)cc32)c(C)n1. The van der Waals surface area contributed by atoms with Crippen molar-refractivity contribution in [1.82, 2.24) is 15.3 Å². The molecule has 0 saturated carbocycles. The van der Waals surface area contributed by atoms with Gasteiger partial charge in [0.05, 0.1) is 16.1 Å². The molecule has 3 rings (SSSR count). The van der Waals surface area contributed by atoms with Gasteiger partial charge < -0.3 is 10.3 Å². The fourth-order valence-electron chi connectivity index (χ4n) is 2.43. The molecular formula is C14H12ClN3O3S. The van der Waals surface area contributed by atoms with Crippen LogP contribution in [0.3, 0.4) is 0 Å². The van der Waals surface area contributed by atoms with Gasteiger partial charge in [-0.25, -0.2) is 13.4 Å². The summed E-state index contributed by atoms with van der Waals surface area (Å²) in [5.41, 5.74) is 2.43. The maximum absolute atomic E-state index is 11.8. The van der Waals surface area contributed by atoms with Gasteiger partial charge in [0.2, 0.25) is 0 Å². The van der Waals surface area contributed by atoms with Crippen LogP contribution < -0.4 is 5.32 Å². The van der Waals surface area contributed by atoms with E-state index in [1.54, 1.807) is 19.1 Å². The number of carbonyl (C=O) groups excluding carboxylic acids is 1. The van der Waals surface area contributed by atoms with Gasteiger partial charge in [-0.1, -0.05) is 0 Å². The van der Waals surface area contributed by atoms with Crippen LogP contribution in [0.25, 0.3) is 21.8 Å². The van der Waals surface area contributed by atoms with Gasteiger partial charge in [-0.3, -0.25) is 4.79 Å². The van der Waals surface area contributed by atoms with Crippen molar-refractivity contribution in [3.63, 3.8) is 0 Å². The number of benzene rings is 1. The highest BCUT2D eigenvalue weighted by Crippen LogP contribution is 2.30. The molecule has 3 aromatic rings. The Balaban J connectivity index is 2.39. The van der Waals surface area contributed by atoms with Crippen molar-refractivity contribution in [3.8, 4) is 0 Å². The number of aryl methyl sites for hydroxylation is 1. The van der Waals surface area contributed by atoms with Crippen molar-refractivity contribution in [3.05, 3.63) is 35.7 Å². The second kappa shape index (κ2) is 4.96. The Hall–Kier alpha value is -2.12. The van der Waals surface area contributed by atoms with E-state index in [-0.39, 0.29) is 16.5 Å². The Labute approximate surface area is 130 Å². The summed E-state index contributed by atoms with van der Waals surface area (Å²) in [7, 11) is 3.10. The summed E-state index contributed by atoms with van der Waals surface area (Å²) in [6.45, 7) is 1.78. The molecule has 8 heteroatoms. The molecule has 0 atom stereocenters. The van der Waals surface area contributed by atoms with Gasteiger partial charge in [-0.15, -0.1) is 0 Å². The standard InChI is InChI=1S/C14H12ClN3O3S/c1-7-13-10(6-12(17-7)14(19)16-2)9-5-8(22(15,20)21)3-4-11(9)18-13/h3-6,18H,1-2H3,(H,16,19). The van der Waals surface area contributed by atoms with E-state index in [9.17, 15) is 13.2 Å².